The van der Waals surface area contributed by atoms with Crippen LogP contribution in [-0.4, -0.2) is 0 Å². The molecule has 0 spiro atoms. The van der Waals surface area contributed by atoms with Gasteiger partial charge in [-0.2, -0.15) is 0 Å². The molecule has 0 bridgehead atoms. The Morgan fingerprint density at radius 1 is 0.909 bits per heavy atom. The second-order valence-electron chi connectivity index (χ2n) is 0.385. The molecule has 0 saturated heterocycles. The molecule has 0 atom stereocenters. The fourth-order valence-electron chi connectivity index (χ4n) is 0. The fourth-order valence-corrected chi connectivity index (χ4v) is 0. The predicted molar refractivity (Wildman–Crippen MR) is 48.6 cm³/mol. The second kappa shape index (κ2) is 111. The van der Waals surface area contributed by atoms with Crippen LogP contribution in [0.25, 0.3) is 0 Å². The summed E-state index contributed by atoms with van der Waals surface area (Å²) in [6, 6.07) is 0. The molecule has 0 aromatic carbocycles. The smallest absolute Gasteiger partial charge is 0.394 e. The van der Waals surface area contributed by atoms with Crippen molar-refractivity contribution in [3.63, 3.8) is 0 Å². The molecule has 0 N–H and O–H groups in total. The molecule has 66 valence electrons. The van der Waals surface area contributed by atoms with Crippen molar-refractivity contribution in [2.24, 2.45) is 0 Å². The molecule has 0 fully saturated rings. The zero-order valence-corrected chi connectivity index (χ0v) is 13.1. The molecule has 11 heavy (non-hydrogen) atoms. The summed E-state index contributed by atoms with van der Waals surface area (Å²) in [7, 11) is 0. The Morgan fingerprint density at radius 2 is 1.00 bits per heavy atom. The second-order valence-corrected chi connectivity index (χ2v) is 0.385. The van der Waals surface area contributed by atoms with Crippen LogP contribution in [-0.2, 0) is 53.8 Å². The van der Waals surface area contributed by atoms with Crippen LogP contribution in [0, 0.1) is 28.0 Å². The summed E-state index contributed by atoms with van der Waals surface area (Å²) >= 11 is 0. The summed E-state index contributed by atoms with van der Waals surface area (Å²) in [5, 5.41) is 0. The van der Waals surface area contributed by atoms with E-state index in [-0.39, 0.29) is 76.1 Å². The third-order valence-electron chi connectivity index (χ3n) is 0.111. The molecule has 0 heterocycles. The largest absolute Gasteiger partial charge is 3.00 e. The summed E-state index contributed by atoms with van der Waals surface area (Å²) < 4.78 is 0. The van der Waals surface area contributed by atoms with Gasteiger partial charge in [0.15, 0.2) is 0 Å². The van der Waals surface area contributed by atoms with E-state index in [2.05, 4.69) is 0 Å². The van der Waals surface area contributed by atoms with E-state index in [1.54, 1.807) is 0 Å². The summed E-state index contributed by atoms with van der Waals surface area (Å²) in [6.45, 7) is 13.4. The Labute approximate surface area is 114 Å². The Balaban J connectivity index is -0.00000000432. The van der Waals surface area contributed by atoms with Crippen molar-refractivity contribution in [2.75, 3.05) is 0 Å². The van der Waals surface area contributed by atoms with E-state index in [0.29, 0.717) is 0 Å². The van der Waals surface area contributed by atoms with Gasteiger partial charge in [0.2, 0.25) is 0 Å². The van der Waals surface area contributed by atoms with Gasteiger partial charge in [-0.3, -0.25) is 0 Å². The molecule has 0 aromatic rings. The van der Waals surface area contributed by atoms with Crippen LogP contribution >= 0.6 is 0 Å². The van der Waals surface area contributed by atoms with E-state index in [0.717, 1.165) is 0 Å². The van der Waals surface area contributed by atoms with Crippen molar-refractivity contribution in [3.8, 4) is 0 Å². The topological polar surface area (TPSA) is 0 Å². The quantitative estimate of drug-likeness (QED) is 0.466. The van der Waals surface area contributed by atoms with Crippen molar-refractivity contribution >= 4 is 0 Å². The van der Waals surface area contributed by atoms with Crippen molar-refractivity contribution in [2.45, 2.75) is 21.3 Å². The molecule has 0 rings (SSSR count). The Kier molecular flexibility index (Phi) is 567. The van der Waals surface area contributed by atoms with Crippen LogP contribution in [0.5, 0.6) is 0 Å². The van der Waals surface area contributed by atoms with E-state index in [9.17, 15) is 0 Å². The standard InChI is InChI=1S/C4H4.C2H6.CH4.2CH3.W.Y/c1-3-4-2;1-2;;;;;/h1-4H;1-2H3;1H4;2*1H3;;/q-2;;;2*-1;;+3. The molecule has 0 saturated carbocycles. The third kappa shape index (κ3) is 188. The molecule has 0 aliphatic carbocycles. The van der Waals surface area contributed by atoms with Gasteiger partial charge in [0.25, 0.3) is 0 Å². The van der Waals surface area contributed by atoms with Gasteiger partial charge >= 0.3 is 32.7 Å². The minimum Gasteiger partial charge on any atom is -0.394 e. The van der Waals surface area contributed by atoms with Gasteiger partial charge in [-0.1, -0.05) is 21.3 Å². The first-order valence-electron chi connectivity index (χ1n) is 2.00. The summed E-state index contributed by atoms with van der Waals surface area (Å²) in [5.74, 6) is 0. The normalized spacial score (nSPS) is 2.36. The van der Waals surface area contributed by atoms with E-state index in [1.807, 2.05) is 13.8 Å². The third-order valence-corrected chi connectivity index (χ3v) is 0.111. The zero-order chi connectivity index (χ0) is 5.41. The molecular formula is C9H20WY-. The molecule has 0 amide bonds. The molecular weight excluding hydrogens is 381 g/mol. The number of allylic oxidation sites excluding steroid dienone is 2. The molecule has 2 heteroatoms. The summed E-state index contributed by atoms with van der Waals surface area (Å²) in [4.78, 5) is 0. The average molecular weight is 401 g/mol. The maximum Gasteiger partial charge on any atom is 3.00 e. The fraction of sp³-hybridized carbons (Fsp3) is 0.333. The van der Waals surface area contributed by atoms with Crippen LogP contribution in [0.1, 0.15) is 21.3 Å². The molecule has 0 unspecified atom stereocenters. The van der Waals surface area contributed by atoms with Crippen LogP contribution < -0.4 is 0 Å². The van der Waals surface area contributed by atoms with Gasteiger partial charge in [-0.25, -0.2) is 0 Å². The molecule has 0 nitrogen and oxygen atoms in total. The molecule has 0 aromatic heterocycles. The first kappa shape index (κ1) is 56.1. The van der Waals surface area contributed by atoms with E-state index >= 15 is 0 Å². The zero-order valence-electron chi connectivity index (χ0n) is 7.29. The van der Waals surface area contributed by atoms with Crippen LogP contribution in [0.2, 0.25) is 0 Å². The van der Waals surface area contributed by atoms with E-state index in [4.69, 9.17) is 13.2 Å². The Hall–Kier alpha value is 1.27. The van der Waals surface area contributed by atoms with Crippen molar-refractivity contribution in [3.05, 3.63) is 40.2 Å². The van der Waals surface area contributed by atoms with Crippen LogP contribution in [0.3, 0.4) is 0 Å². The molecule has 0 radical (unpaired) electrons. The van der Waals surface area contributed by atoms with Gasteiger partial charge in [-0.15, -0.1) is 0 Å². The Morgan fingerprint density at radius 3 is 1.00 bits per heavy atom. The molecule has 0 aliphatic rings. The SMILES string of the molecule is C.CC.[CH-]=CC=[CH-].[CH3-].[CH3-].[W].[Y+3]. The minimum atomic E-state index is 0. The van der Waals surface area contributed by atoms with E-state index < -0.39 is 0 Å². The van der Waals surface area contributed by atoms with Gasteiger partial charge in [-0.05, 0) is 0 Å². The van der Waals surface area contributed by atoms with Crippen LogP contribution in [0.4, 0.5) is 0 Å². The van der Waals surface area contributed by atoms with Gasteiger partial charge in [0.1, 0.15) is 0 Å². The minimum absolute atomic E-state index is 0. The van der Waals surface area contributed by atoms with Gasteiger partial charge in [0.05, 0.1) is 0 Å². The molecule has 0 aliphatic heterocycles. The number of hydrogen-bond donors (Lipinski definition) is 0. The number of rotatable bonds is 1. The first-order chi connectivity index (χ1) is 2.91. The maximum atomic E-state index is 4.72. The van der Waals surface area contributed by atoms with Crippen molar-refractivity contribution in [1.82, 2.24) is 0 Å². The predicted octanol–water partition coefficient (Wildman–Crippen LogP) is 3.52. The summed E-state index contributed by atoms with van der Waals surface area (Å²) in [6.07, 6.45) is 2.56. The van der Waals surface area contributed by atoms with Crippen molar-refractivity contribution < 1.29 is 53.8 Å². The van der Waals surface area contributed by atoms with E-state index in [1.165, 1.54) is 12.2 Å². The Bertz CT molecular complexity index is 30.5. The number of hydrogen-bond acceptors (Lipinski definition) is 0. The maximum absolute atomic E-state index is 4.72. The average Bonchev–Trinajstić information content (AvgIpc) is 1.72. The monoisotopic (exact) mass is 401 g/mol. The first-order valence-corrected chi connectivity index (χ1v) is 2.00. The van der Waals surface area contributed by atoms with Gasteiger partial charge in [0, 0.05) is 21.1 Å². The van der Waals surface area contributed by atoms with Gasteiger partial charge < -0.3 is 40.2 Å². The van der Waals surface area contributed by atoms with Crippen molar-refractivity contribution in [1.29, 1.82) is 0 Å². The van der Waals surface area contributed by atoms with Crippen LogP contribution in [0.15, 0.2) is 12.2 Å². The summed E-state index contributed by atoms with van der Waals surface area (Å²) in [5.41, 5.74) is 0.